The summed E-state index contributed by atoms with van der Waals surface area (Å²) in [5.41, 5.74) is 2.37. The van der Waals surface area contributed by atoms with Crippen LogP contribution in [0.2, 0.25) is 5.02 Å². The summed E-state index contributed by atoms with van der Waals surface area (Å²) in [6, 6.07) is 5.24. The van der Waals surface area contributed by atoms with Crippen molar-refractivity contribution in [3.05, 3.63) is 40.4 Å². The first kappa shape index (κ1) is 12.1. The number of nitrogens with one attached hydrogen (secondary N) is 1. The van der Waals surface area contributed by atoms with Crippen molar-refractivity contribution >= 4 is 11.6 Å². The summed E-state index contributed by atoms with van der Waals surface area (Å²) in [5.74, 6) is 0.129. The third kappa shape index (κ3) is 4.36. The lowest BCUT2D eigenvalue weighted by atomic mass is 10.2. The van der Waals surface area contributed by atoms with Crippen molar-refractivity contribution in [1.82, 2.24) is 5.32 Å². The zero-order chi connectivity index (χ0) is 11.3. The molecule has 0 aliphatic rings. The predicted octanol–water partition coefficient (Wildman–Crippen LogP) is 3.10. The van der Waals surface area contributed by atoms with Crippen molar-refractivity contribution in [2.75, 3.05) is 6.54 Å². The van der Waals surface area contributed by atoms with Crippen molar-refractivity contribution < 1.29 is 5.11 Å². The van der Waals surface area contributed by atoms with Crippen molar-refractivity contribution in [3.63, 3.8) is 0 Å². The first-order valence-electron chi connectivity index (χ1n) is 4.91. The number of hydrogen-bond acceptors (Lipinski definition) is 2. The van der Waals surface area contributed by atoms with E-state index in [1.54, 1.807) is 12.1 Å². The van der Waals surface area contributed by atoms with Crippen molar-refractivity contribution in [1.29, 1.82) is 0 Å². The van der Waals surface area contributed by atoms with E-state index in [0.717, 1.165) is 18.7 Å². The Morgan fingerprint density at radius 2 is 2.20 bits per heavy atom. The summed E-state index contributed by atoms with van der Waals surface area (Å²) in [4.78, 5) is 0. The number of phenolic OH excluding ortho intramolecular Hbond substituents is 1. The second kappa shape index (κ2) is 5.79. The van der Waals surface area contributed by atoms with Gasteiger partial charge in [-0.2, -0.15) is 0 Å². The van der Waals surface area contributed by atoms with Gasteiger partial charge in [0.2, 0.25) is 0 Å². The molecule has 0 saturated carbocycles. The van der Waals surface area contributed by atoms with Crippen LogP contribution in [-0.4, -0.2) is 11.7 Å². The van der Waals surface area contributed by atoms with Crippen LogP contribution < -0.4 is 5.32 Å². The monoisotopic (exact) mass is 225 g/mol. The van der Waals surface area contributed by atoms with Crippen molar-refractivity contribution in [3.8, 4) is 5.75 Å². The minimum Gasteiger partial charge on any atom is -0.506 e. The molecule has 2 nitrogen and oxygen atoms in total. The first-order chi connectivity index (χ1) is 7.09. The molecule has 1 aromatic rings. The van der Waals surface area contributed by atoms with E-state index in [1.807, 2.05) is 6.07 Å². The van der Waals surface area contributed by atoms with Crippen LogP contribution in [-0.2, 0) is 6.54 Å². The molecule has 0 aliphatic heterocycles. The van der Waals surface area contributed by atoms with Gasteiger partial charge < -0.3 is 10.4 Å². The molecule has 0 atom stereocenters. The van der Waals surface area contributed by atoms with Gasteiger partial charge in [0, 0.05) is 13.1 Å². The first-order valence-corrected chi connectivity index (χ1v) is 5.29. The smallest absolute Gasteiger partial charge is 0.134 e. The number of phenols is 1. The zero-order valence-corrected chi connectivity index (χ0v) is 9.80. The Morgan fingerprint density at radius 1 is 1.47 bits per heavy atom. The number of rotatable bonds is 4. The lowest BCUT2D eigenvalue weighted by Crippen LogP contribution is -2.12. The molecule has 0 fully saturated rings. The highest BCUT2D eigenvalue weighted by Crippen LogP contribution is 2.23. The van der Waals surface area contributed by atoms with Gasteiger partial charge in [-0.25, -0.2) is 0 Å². The van der Waals surface area contributed by atoms with E-state index in [0.29, 0.717) is 5.02 Å². The van der Waals surface area contributed by atoms with Crippen molar-refractivity contribution in [2.24, 2.45) is 0 Å². The Balaban J connectivity index is 2.44. The van der Waals surface area contributed by atoms with Gasteiger partial charge in [-0.05, 0) is 31.5 Å². The third-order valence-electron chi connectivity index (χ3n) is 2.00. The van der Waals surface area contributed by atoms with E-state index in [1.165, 1.54) is 5.57 Å². The number of hydrogen-bond donors (Lipinski definition) is 2. The van der Waals surface area contributed by atoms with E-state index >= 15 is 0 Å². The molecule has 0 bridgehead atoms. The molecular formula is C12H16ClNO. The van der Waals surface area contributed by atoms with Crippen molar-refractivity contribution in [2.45, 2.75) is 20.4 Å². The summed E-state index contributed by atoms with van der Waals surface area (Å²) in [5, 5.41) is 12.9. The van der Waals surface area contributed by atoms with Crippen LogP contribution in [0.15, 0.2) is 29.8 Å². The Bertz CT molecular complexity index is 357. The standard InChI is InChI=1S/C12H16ClNO/c1-9(2)5-6-14-8-10-3-4-12(15)11(13)7-10/h3-5,7,14-15H,6,8H2,1-2H3. The quantitative estimate of drug-likeness (QED) is 0.610. The van der Waals surface area contributed by atoms with Crippen LogP contribution in [0.3, 0.4) is 0 Å². The van der Waals surface area contributed by atoms with Crippen LogP contribution in [0.4, 0.5) is 0 Å². The molecule has 1 aromatic carbocycles. The molecule has 2 N–H and O–H groups in total. The Labute approximate surface area is 95.6 Å². The summed E-state index contributed by atoms with van der Waals surface area (Å²) in [7, 11) is 0. The zero-order valence-electron chi connectivity index (χ0n) is 9.05. The van der Waals surface area contributed by atoms with E-state index < -0.39 is 0 Å². The summed E-state index contributed by atoms with van der Waals surface area (Å²) < 4.78 is 0. The fraction of sp³-hybridized carbons (Fsp3) is 0.333. The molecule has 3 heteroatoms. The maximum Gasteiger partial charge on any atom is 0.134 e. The van der Waals surface area contributed by atoms with E-state index in [9.17, 15) is 5.11 Å². The van der Waals surface area contributed by atoms with Crippen LogP contribution in [0.5, 0.6) is 5.75 Å². The largest absolute Gasteiger partial charge is 0.506 e. The number of allylic oxidation sites excluding steroid dienone is 1. The SMILES string of the molecule is CC(C)=CCNCc1ccc(O)c(Cl)c1. The average Bonchev–Trinajstić information content (AvgIpc) is 2.18. The normalized spacial score (nSPS) is 10.1. The predicted molar refractivity (Wildman–Crippen MR) is 64.3 cm³/mol. The maximum atomic E-state index is 9.23. The Morgan fingerprint density at radius 3 is 2.80 bits per heavy atom. The molecule has 0 heterocycles. The maximum absolute atomic E-state index is 9.23. The molecule has 0 radical (unpaired) electrons. The highest BCUT2D eigenvalue weighted by molar-refractivity contribution is 6.32. The van der Waals surface area contributed by atoms with Crippen LogP contribution in [0, 0.1) is 0 Å². The van der Waals surface area contributed by atoms with Gasteiger partial charge in [-0.15, -0.1) is 0 Å². The lowest BCUT2D eigenvalue weighted by Gasteiger charge is -2.04. The molecule has 15 heavy (non-hydrogen) atoms. The van der Waals surface area contributed by atoms with E-state index in [2.05, 4.69) is 25.2 Å². The van der Waals surface area contributed by atoms with E-state index in [4.69, 9.17) is 11.6 Å². The number of aromatic hydroxyl groups is 1. The number of halogens is 1. The Hall–Kier alpha value is -0.990. The topological polar surface area (TPSA) is 32.3 Å². The summed E-state index contributed by atoms with van der Waals surface area (Å²) >= 11 is 5.79. The summed E-state index contributed by atoms with van der Waals surface area (Å²) in [6.45, 7) is 5.74. The third-order valence-corrected chi connectivity index (χ3v) is 2.30. The van der Waals surface area contributed by atoms with Gasteiger partial charge >= 0.3 is 0 Å². The van der Waals surface area contributed by atoms with Gasteiger partial charge in [-0.1, -0.05) is 29.3 Å². The van der Waals surface area contributed by atoms with Gasteiger partial charge in [0.1, 0.15) is 5.75 Å². The van der Waals surface area contributed by atoms with Crippen LogP contribution in [0.25, 0.3) is 0 Å². The molecule has 0 amide bonds. The fourth-order valence-electron chi connectivity index (χ4n) is 1.15. The molecule has 0 unspecified atom stereocenters. The van der Waals surface area contributed by atoms with Gasteiger partial charge in [-0.3, -0.25) is 0 Å². The molecule has 82 valence electrons. The van der Waals surface area contributed by atoms with E-state index in [-0.39, 0.29) is 5.75 Å². The van der Waals surface area contributed by atoms with Gasteiger partial charge in [0.15, 0.2) is 0 Å². The van der Waals surface area contributed by atoms with Crippen LogP contribution in [0.1, 0.15) is 19.4 Å². The molecular weight excluding hydrogens is 210 g/mol. The highest BCUT2D eigenvalue weighted by atomic mass is 35.5. The van der Waals surface area contributed by atoms with Gasteiger partial charge in [0.05, 0.1) is 5.02 Å². The number of benzene rings is 1. The fourth-order valence-corrected chi connectivity index (χ4v) is 1.36. The summed E-state index contributed by atoms with van der Waals surface area (Å²) in [6.07, 6.45) is 2.13. The second-order valence-corrected chi connectivity index (χ2v) is 4.11. The second-order valence-electron chi connectivity index (χ2n) is 3.70. The highest BCUT2D eigenvalue weighted by Gasteiger charge is 1.98. The molecule has 0 aromatic heterocycles. The Kier molecular flexibility index (Phi) is 4.66. The van der Waals surface area contributed by atoms with Gasteiger partial charge in [0.25, 0.3) is 0 Å². The molecule has 0 saturated heterocycles. The van der Waals surface area contributed by atoms with Crippen LogP contribution >= 0.6 is 11.6 Å². The average molecular weight is 226 g/mol. The lowest BCUT2D eigenvalue weighted by molar-refractivity contribution is 0.475. The minimum atomic E-state index is 0.129. The molecule has 1 rings (SSSR count). The minimum absolute atomic E-state index is 0.129. The molecule has 0 spiro atoms. The molecule has 0 aliphatic carbocycles.